The molecule has 67 heavy (non-hydrogen) atoms. The highest BCUT2D eigenvalue weighted by atomic mass is 16.6. The van der Waals surface area contributed by atoms with Crippen molar-refractivity contribution in [1.82, 2.24) is 0 Å². The number of allylic oxidation sites excluding steroid dienone is 8. The summed E-state index contributed by atoms with van der Waals surface area (Å²) in [5.74, 6) is -0.889. The Morgan fingerprint density at radius 2 is 0.537 bits per heavy atom. The largest absolute Gasteiger partial charge is 0.462 e. The fourth-order valence-corrected chi connectivity index (χ4v) is 8.35. The quantitative estimate of drug-likeness (QED) is 0.0262. The molecular weight excluding hydrogens is 829 g/mol. The zero-order valence-electron chi connectivity index (χ0n) is 44.7. The van der Waals surface area contributed by atoms with Gasteiger partial charge in [0.05, 0.1) is 0 Å². The Bertz CT molecular complexity index is 1170. The molecule has 0 aromatic rings. The van der Waals surface area contributed by atoms with Crippen molar-refractivity contribution in [3.8, 4) is 0 Å². The summed E-state index contributed by atoms with van der Waals surface area (Å²) in [7, 11) is 0. The van der Waals surface area contributed by atoms with Crippen LogP contribution in [0.15, 0.2) is 48.6 Å². The third kappa shape index (κ3) is 54.2. The Kier molecular flexibility index (Phi) is 53.8. The molecule has 0 heterocycles. The minimum Gasteiger partial charge on any atom is -0.462 e. The first-order chi connectivity index (χ1) is 33.0. The van der Waals surface area contributed by atoms with E-state index >= 15 is 0 Å². The van der Waals surface area contributed by atoms with E-state index < -0.39 is 6.10 Å². The third-order valence-corrected chi connectivity index (χ3v) is 12.8. The maximum absolute atomic E-state index is 12.9. The molecule has 390 valence electrons. The van der Waals surface area contributed by atoms with Crippen molar-refractivity contribution < 1.29 is 28.6 Å². The zero-order valence-corrected chi connectivity index (χ0v) is 44.7. The molecule has 0 saturated heterocycles. The number of ether oxygens (including phenoxy) is 3. The van der Waals surface area contributed by atoms with Gasteiger partial charge in [-0.15, -0.1) is 0 Å². The average molecular weight is 940 g/mol. The molecule has 0 spiro atoms. The maximum Gasteiger partial charge on any atom is 0.306 e. The lowest BCUT2D eigenvalue weighted by atomic mass is 10.1. The minimum absolute atomic E-state index is 0.0802. The van der Waals surface area contributed by atoms with E-state index in [0.29, 0.717) is 19.3 Å². The van der Waals surface area contributed by atoms with Crippen molar-refractivity contribution in [3.63, 3.8) is 0 Å². The second-order valence-corrected chi connectivity index (χ2v) is 19.5. The first kappa shape index (κ1) is 64.4. The van der Waals surface area contributed by atoms with Crippen LogP contribution in [0, 0.1) is 0 Å². The van der Waals surface area contributed by atoms with Gasteiger partial charge in [0, 0.05) is 19.3 Å². The van der Waals surface area contributed by atoms with Crippen LogP contribution in [-0.4, -0.2) is 37.2 Å². The summed E-state index contributed by atoms with van der Waals surface area (Å²) in [6.45, 7) is 6.62. The predicted molar refractivity (Wildman–Crippen MR) is 289 cm³/mol. The van der Waals surface area contributed by atoms with E-state index in [9.17, 15) is 14.4 Å². The van der Waals surface area contributed by atoms with Crippen LogP contribution >= 0.6 is 0 Å². The molecule has 1 atom stereocenters. The van der Waals surface area contributed by atoms with E-state index in [2.05, 4.69) is 69.4 Å². The molecule has 0 amide bonds. The second kappa shape index (κ2) is 56.0. The van der Waals surface area contributed by atoms with Crippen LogP contribution in [0.5, 0.6) is 0 Å². The molecule has 0 aromatic carbocycles. The van der Waals surface area contributed by atoms with E-state index in [1.165, 1.54) is 186 Å². The van der Waals surface area contributed by atoms with Crippen LogP contribution in [0.4, 0.5) is 0 Å². The van der Waals surface area contributed by atoms with Gasteiger partial charge in [0.15, 0.2) is 6.10 Å². The van der Waals surface area contributed by atoms with E-state index in [1.54, 1.807) is 0 Å². The topological polar surface area (TPSA) is 78.9 Å². The highest BCUT2D eigenvalue weighted by molar-refractivity contribution is 5.71. The van der Waals surface area contributed by atoms with Crippen molar-refractivity contribution >= 4 is 17.9 Å². The number of carbonyl (C=O) groups is 3. The zero-order chi connectivity index (χ0) is 48.6. The first-order valence-electron chi connectivity index (χ1n) is 29.1. The average Bonchev–Trinajstić information content (AvgIpc) is 3.33. The van der Waals surface area contributed by atoms with Crippen molar-refractivity contribution in [2.75, 3.05) is 13.2 Å². The Morgan fingerprint density at radius 3 is 0.866 bits per heavy atom. The SMILES string of the molecule is CCCCC/C=C\C/C=C\CCCCCCCC(=O)OC[C@@H](COC(=O)CCCCCCCCC/C=C\CCCCCCCC)OC(=O)CCCCCCCCC/C=C\CCCCCCCC. The summed E-state index contributed by atoms with van der Waals surface area (Å²) >= 11 is 0. The molecule has 0 fully saturated rings. The maximum atomic E-state index is 12.9. The summed E-state index contributed by atoms with van der Waals surface area (Å²) in [5, 5.41) is 0. The Balaban J connectivity index is 4.39. The van der Waals surface area contributed by atoms with Crippen LogP contribution in [-0.2, 0) is 28.6 Å². The fraction of sp³-hybridized carbons (Fsp3) is 0.820. The molecule has 0 aromatic heterocycles. The lowest BCUT2D eigenvalue weighted by molar-refractivity contribution is -0.167. The Hall–Kier alpha value is -2.63. The summed E-state index contributed by atoms with van der Waals surface area (Å²) in [6, 6.07) is 0. The molecule has 0 N–H and O–H groups in total. The molecule has 0 saturated carbocycles. The summed E-state index contributed by atoms with van der Waals surface area (Å²) in [4.78, 5) is 38.2. The summed E-state index contributed by atoms with van der Waals surface area (Å²) in [6.07, 6.45) is 68.1. The van der Waals surface area contributed by atoms with Crippen molar-refractivity contribution in [2.24, 2.45) is 0 Å². The number of hydrogen-bond donors (Lipinski definition) is 0. The highest BCUT2D eigenvalue weighted by Gasteiger charge is 2.19. The summed E-state index contributed by atoms with van der Waals surface area (Å²) in [5.41, 5.74) is 0. The standard InChI is InChI=1S/C61H110O6/c1-4-7-10-13-16-19-22-25-28-30-33-36-39-42-45-48-51-54-60(63)66-57-58(56-65-59(62)53-50-47-44-41-38-35-32-27-24-21-18-15-12-9-6-3)67-61(64)55-52-49-46-43-40-37-34-31-29-26-23-20-17-14-11-8-5-2/h18,21,25-29,32,58H,4-17,19-20,22-24,30-31,33-57H2,1-3H3/b21-18-,28-25-,29-26-,32-27-/t58-/m0/s1. The normalized spacial score (nSPS) is 12.3. The van der Waals surface area contributed by atoms with Gasteiger partial charge >= 0.3 is 17.9 Å². The highest BCUT2D eigenvalue weighted by Crippen LogP contribution is 2.15. The first-order valence-corrected chi connectivity index (χ1v) is 29.1. The van der Waals surface area contributed by atoms with Gasteiger partial charge in [-0.25, -0.2) is 0 Å². The van der Waals surface area contributed by atoms with Gasteiger partial charge in [-0.05, 0) is 103 Å². The van der Waals surface area contributed by atoms with Gasteiger partial charge < -0.3 is 14.2 Å². The van der Waals surface area contributed by atoms with Crippen LogP contribution in [0.25, 0.3) is 0 Å². The number of carbonyl (C=O) groups excluding carboxylic acids is 3. The number of unbranched alkanes of at least 4 members (excludes halogenated alkanes) is 34. The van der Waals surface area contributed by atoms with Gasteiger partial charge in [-0.1, -0.05) is 230 Å². The van der Waals surface area contributed by atoms with Crippen LogP contribution < -0.4 is 0 Å². The minimum atomic E-state index is -0.782. The van der Waals surface area contributed by atoms with Crippen LogP contribution in [0.2, 0.25) is 0 Å². The van der Waals surface area contributed by atoms with Crippen molar-refractivity contribution in [3.05, 3.63) is 48.6 Å². The van der Waals surface area contributed by atoms with E-state index in [-0.39, 0.29) is 31.1 Å². The smallest absolute Gasteiger partial charge is 0.306 e. The van der Waals surface area contributed by atoms with Gasteiger partial charge in [-0.3, -0.25) is 14.4 Å². The fourth-order valence-electron chi connectivity index (χ4n) is 8.35. The molecule has 6 nitrogen and oxygen atoms in total. The Labute approximate surface area is 416 Å². The molecule has 0 aliphatic heterocycles. The summed E-state index contributed by atoms with van der Waals surface area (Å²) < 4.78 is 16.9. The molecule has 0 rings (SSSR count). The van der Waals surface area contributed by atoms with Gasteiger partial charge in [0.1, 0.15) is 13.2 Å². The second-order valence-electron chi connectivity index (χ2n) is 19.5. The van der Waals surface area contributed by atoms with Gasteiger partial charge in [-0.2, -0.15) is 0 Å². The molecule has 0 aliphatic rings. The molecule has 0 aliphatic carbocycles. The van der Waals surface area contributed by atoms with Crippen LogP contribution in [0.3, 0.4) is 0 Å². The predicted octanol–water partition coefficient (Wildman–Crippen LogP) is 19.4. The molecule has 0 radical (unpaired) electrons. The van der Waals surface area contributed by atoms with Crippen molar-refractivity contribution in [2.45, 2.75) is 309 Å². The molecule has 0 bridgehead atoms. The van der Waals surface area contributed by atoms with Gasteiger partial charge in [0.2, 0.25) is 0 Å². The van der Waals surface area contributed by atoms with Crippen molar-refractivity contribution in [1.29, 1.82) is 0 Å². The molecule has 6 heteroatoms. The van der Waals surface area contributed by atoms with E-state index in [4.69, 9.17) is 14.2 Å². The number of rotatable bonds is 53. The van der Waals surface area contributed by atoms with E-state index in [1.807, 2.05) is 0 Å². The Morgan fingerprint density at radius 1 is 0.299 bits per heavy atom. The molecule has 0 unspecified atom stereocenters. The monoisotopic (exact) mass is 939 g/mol. The number of hydrogen-bond acceptors (Lipinski definition) is 6. The lowest BCUT2D eigenvalue weighted by Crippen LogP contribution is -2.30. The molecular formula is C61H110O6. The third-order valence-electron chi connectivity index (χ3n) is 12.8. The lowest BCUT2D eigenvalue weighted by Gasteiger charge is -2.18. The van der Waals surface area contributed by atoms with Crippen LogP contribution in [0.1, 0.15) is 303 Å². The van der Waals surface area contributed by atoms with Gasteiger partial charge in [0.25, 0.3) is 0 Å². The van der Waals surface area contributed by atoms with E-state index in [0.717, 1.165) is 77.0 Å². The number of esters is 3.